The Kier molecular flexibility index (Phi) is 14.6. The van der Waals surface area contributed by atoms with Crippen molar-refractivity contribution in [3.8, 4) is 0 Å². The lowest BCUT2D eigenvalue weighted by Crippen LogP contribution is -3.00. The SMILES string of the molecule is CC(S)C(=O)NCC(=O)O.C[N+](C)(C)CCO.[Cl-]. The number of halogens is 1. The number of aliphatic hydroxyl groups is 1. The van der Waals surface area contributed by atoms with Crippen LogP contribution in [-0.2, 0) is 9.59 Å². The van der Waals surface area contributed by atoms with Gasteiger partial charge < -0.3 is 32.4 Å². The van der Waals surface area contributed by atoms with E-state index >= 15 is 0 Å². The van der Waals surface area contributed by atoms with E-state index in [2.05, 4.69) is 39.1 Å². The van der Waals surface area contributed by atoms with E-state index in [1.165, 1.54) is 0 Å². The first-order valence-corrected chi connectivity index (χ1v) is 5.70. The van der Waals surface area contributed by atoms with E-state index in [1.54, 1.807) is 6.92 Å². The van der Waals surface area contributed by atoms with Gasteiger partial charge in [-0.3, -0.25) is 9.59 Å². The van der Waals surface area contributed by atoms with Crippen LogP contribution >= 0.6 is 12.6 Å². The average Bonchev–Trinajstić information content (AvgIpc) is 2.12. The number of aliphatic hydroxyl groups excluding tert-OH is 1. The zero-order chi connectivity index (χ0) is 14.1. The number of nitrogens with one attached hydrogen (secondary N) is 1. The van der Waals surface area contributed by atoms with Crippen LogP contribution in [-0.4, -0.2) is 72.7 Å². The molecular weight excluding hydrogens is 280 g/mol. The van der Waals surface area contributed by atoms with Crippen LogP contribution in [0.2, 0.25) is 0 Å². The molecule has 0 spiro atoms. The zero-order valence-corrected chi connectivity index (χ0v) is 12.8. The van der Waals surface area contributed by atoms with E-state index in [9.17, 15) is 9.59 Å². The van der Waals surface area contributed by atoms with Crippen molar-refractivity contribution in [3.05, 3.63) is 0 Å². The Morgan fingerprint density at radius 1 is 1.33 bits per heavy atom. The summed E-state index contributed by atoms with van der Waals surface area (Å²) in [6.07, 6.45) is 0. The molecule has 1 atom stereocenters. The number of likely N-dealkylation sites (N-methyl/N-ethyl adjacent to an activating group) is 1. The van der Waals surface area contributed by atoms with Crippen LogP contribution in [0.5, 0.6) is 0 Å². The third-order valence-electron chi connectivity index (χ3n) is 1.56. The van der Waals surface area contributed by atoms with Crippen LogP contribution in [0.15, 0.2) is 0 Å². The zero-order valence-electron chi connectivity index (χ0n) is 11.2. The number of nitrogens with zero attached hydrogens (tertiary/aromatic N) is 1. The Labute approximate surface area is 120 Å². The second-order valence-electron chi connectivity index (χ2n) is 4.53. The van der Waals surface area contributed by atoms with Gasteiger partial charge in [0.15, 0.2) is 0 Å². The lowest BCUT2D eigenvalue weighted by molar-refractivity contribution is -0.870. The van der Waals surface area contributed by atoms with Crippen molar-refractivity contribution in [2.75, 3.05) is 40.8 Å². The van der Waals surface area contributed by atoms with Crippen LogP contribution in [0.4, 0.5) is 0 Å². The van der Waals surface area contributed by atoms with Crippen molar-refractivity contribution in [1.82, 2.24) is 5.32 Å². The van der Waals surface area contributed by atoms with Gasteiger partial charge in [0, 0.05) is 0 Å². The summed E-state index contributed by atoms with van der Waals surface area (Å²) in [6, 6.07) is 0. The summed E-state index contributed by atoms with van der Waals surface area (Å²) in [6.45, 7) is 2.34. The molecule has 0 saturated carbocycles. The standard InChI is InChI=1S/C5H9NO3S.C5H14NO.ClH/c1-3(10)5(9)6-2-4(7)8;1-6(2,3)4-5-7;/h3,10H,2H2,1H3,(H,6,9)(H,7,8);7H,4-5H2,1-3H3;1H/q;+1;/p-1. The number of carboxylic acid groups (broad SMARTS) is 1. The molecule has 0 aliphatic carbocycles. The molecule has 1 amide bonds. The van der Waals surface area contributed by atoms with Gasteiger partial charge in [0.2, 0.25) is 5.91 Å². The normalized spacial score (nSPS) is 11.4. The number of carbonyl (C=O) groups is 2. The van der Waals surface area contributed by atoms with E-state index in [1.807, 2.05) is 0 Å². The maximum Gasteiger partial charge on any atom is 0.322 e. The largest absolute Gasteiger partial charge is 1.00 e. The predicted molar refractivity (Wildman–Crippen MR) is 69.1 cm³/mol. The Morgan fingerprint density at radius 3 is 1.94 bits per heavy atom. The van der Waals surface area contributed by atoms with Gasteiger partial charge >= 0.3 is 5.97 Å². The molecule has 8 heteroatoms. The second kappa shape index (κ2) is 11.6. The molecule has 0 aliphatic rings. The average molecular weight is 303 g/mol. The number of rotatable bonds is 5. The van der Waals surface area contributed by atoms with Gasteiger partial charge in [0.25, 0.3) is 0 Å². The van der Waals surface area contributed by atoms with Gasteiger partial charge in [-0.25, -0.2) is 0 Å². The monoisotopic (exact) mass is 302 g/mol. The Morgan fingerprint density at radius 2 is 1.78 bits per heavy atom. The first kappa shape index (κ1) is 22.7. The van der Waals surface area contributed by atoms with Crippen LogP contribution < -0.4 is 17.7 Å². The van der Waals surface area contributed by atoms with Crippen molar-refractivity contribution in [1.29, 1.82) is 0 Å². The third-order valence-corrected chi connectivity index (χ3v) is 1.80. The number of carbonyl (C=O) groups excluding carboxylic acids is 1. The summed E-state index contributed by atoms with van der Waals surface area (Å²) >= 11 is 3.79. The van der Waals surface area contributed by atoms with Gasteiger partial charge in [0.1, 0.15) is 13.1 Å². The smallest absolute Gasteiger partial charge is 0.322 e. The number of hydrogen-bond donors (Lipinski definition) is 4. The van der Waals surface area contributed by atoms with Gasteiger partial charge in [-0.15, -0.1) is 0 Å². The molecule has 3 N–H and O–H groups in total. The van der Waals surface area contributed by atoms with Crippen LogP contribution in [0, 0.1) is 0 Å². The molecule has 0 aromatic carbocycles. The van der Waals surface area contributed by atoms with E-state index < -0.39 is 11.2 Å². The first-order valence-electron chi connectivity index (χ1n) is 5.19. The van der Waals surface area contributed by atoms with Crippen molar-refractivity contribution < 1.29 is 36.7 Å². The summed E-state index contributed by atoms with van der Waals surface area (Å²) in [4.78, 5) is 20.5. The second-order valence-corrected chi connectivity index (χ2v) is 5.30. The molecule has 0 fully saturated rings. The first-order chi connectivity index (χ1) is 7.60. The molecule has 0 radical (unpaired) electrons. The quantitative estimate of drug-likeness (QED) is 0.310. The molecule has 1 unspecified atom stereocenters. The minimum Gasteiger partial charge on any atom is -1.00 e. The fraction of sp³-hybridized carbons (Fsp3) is 0.800. The number of amides is 1. The highest BCUT2D eigenvalue weighted by molar-refractivity contribution is 7.81. The van der Waals surface area contributed by atoms with Crippen molar-refractivity contribution in [2.45, 2.75) is 12.2 Å². The van der Waals surface area contributed by atoms with Gasteiger partial charge in [-0.2, -0.15) is 12.6 Å². The van der Waals surface area contributed by atoms with Crippen LogP contribution in [0.25, 0.3) is 0 Å². The number of aliphatic carboxylic acids is 1. The van der Waals surface area contributed by atoms with Gasteiger partial charge in [0.05, 0.1) is 33.0 Å². The molecule has 0 aromatic heterocycles. The summed E-state index contributed by atoms with van der Waals surface area (Å²) < 4.78 is 0.844. The fourth-order valence-electron chi connectivity index (χ4n) is 0.610. The summed E-state index contributed by atoms with van der Waals surface area (Å²) in [5, 5.41) is 18.2. The highest BCUT2D eigenvalue weighted by Crippen LogP contribution is 1.89. The number of carboxylic acids is 1. The van der Waals surface area contributed by atoms with Gasteiger partial charge in [-0.1, -0.05) is 0 Å². The van der Waals surface area contributed by atoms with Gasteiger partial charge in [-0.05, 0) is 6.92 Å². The molecule has 0 aromatic rings. The third kappa shape index (κ3) is 20.9. The summed E-state index contributed by atoms with van der Waals surface area (Å²) in [5.74, 6) is -1.42. The molecular formula is C10H23ClN2O4S. The van der Waals surface area contributed by atoms with Crippen LogP contribution in [0.3, 0.4) is 0 Å². The Hall–Kier alpha value is -0.500. The molecule has 0 saturated heterocycles. The maximum atomic E-state index is 10.6. The van der Waals surface area contributed by atoms with Crippen LogP contribution in [0.1, 0.15) is 6.92 Å². The highest BCUT2D eigenvalue weighted by Gasteiger charge is 2.07. The van der Waals surface area contributed by atoms with Crippen molar-refractivity contribution in [3.63, 3.8) is 0 Å². The molecule has 0 aliphatic heterocycles. The predicted octanol–water partition coefficient (Wildman–Crippen LogP) is -3.81. The van der Waals surface area contributed by atoms with E-state index in [0.29, 0.717) is 0 Å². The number of hydrogen-bond acceptors (Lipinski definition) is 4. The summed E-state index contributed by atoms with van der Waals surface area (Å²) in [7, 11) is 6.16. The summed E-state index contributed by atoms with van der Waals surface area (Å²) in [5.41, 5.74) is 0. The molecule has 110 valence electrons. The topological polar surface area (TPSA) is 86.6 Å². The molecule has 0 bridgehead atoms. The fourth-order valence-corrected chi connectivity index (χ4v) is 0.702. The van der Waals surface area contributed by atoms with E-state index in [0.717, 1.165) is 11.0 Å². The molecule has 6 nitrogen and oxygen atoms in total. The number of thiol groups is 1. The molecule has 0 heterocycles. The lowest BCUT2D eigenvalue weighted by atomic mass is 10.4. The van der Waals surface area contributed by atoms with E-state index in [4.69, 9.17) is 10.2 Å². The van der Waals surface area contributed by atoms with Crippen molar-refractivity contribution in [2.24, 2.45) is 0 Å². The molecule has 0 rings (SSSR count). The van der Waals surface area contributed by atoms with Crippen molar-refractivity contribution >= 4 is 24.5 Å². The maximum absolute atomic E-state index is 10.6. The lowest BCUT2D eigenvalue weighted by Gasteiger charge is -2.21. The highest BCUT2D eigenvalue weighted by atomic mass is 35.5. The molecule has 18 heavy (non-hydrogen) atoms. The van der Waals surface area contributed by atoms with E-state index in [-0.39, 0.29) is 31.5 Å². The Bertz CT molecular complexity index is 245. The Balaban J connectivity index is -0.000000251. The minimum absolute atomic E-state index is 0. The number of quaternary nitrogens is 1. The minimum atomic E-state index is -1.05.